The molecule has 2 aliphatic rings. The first-order chi connectivity index (χ1) is 17.8. The van der Waals surface area contributed by atoms with E-state index < -0.39 is 11.9 Å². The van der Waals surface area contributed by atoms with Crippen LogP contribution >= 0.6 is 22.9 Å². The lowest BCUT2D eigenvalue weighted by Crippen LogP contribution is -2.24. The van der Waals surface area contributed by atoms with Gasteiger partial charge in [0.15, 0.2) is 10.9 Å². The number of carboxylic acids is 1. The fourth-order valence-corrected chi connectivity index (χ4v) is 5.30. The Morgan fingerprint density at radius 3 is 2.68 bits per heavy atom. The van der Waals surface area contributed by atoms with Crippen LogP contribution < -0.4 is 5.32 Å². The Hall–Kier alpha value is -3.26. The highest BCUT2D eigenvalue weighted by Crippen LogP contribution is 2.32. The number of fused-ring (bicyclic) bond motifs is 1. The summed E-state index contributed by atoms with van der Waals surface area (Å²) in [5.41, 5.74) is 4.45. The number of carbonyl (C=O) groups excluding carboxylic acids is 1. The molecular weight excluding hydrogens is 506 g/mol. The van der Waals surface area contributed by atoms with Crippen LogP contribution in [0.1, 0.15) is 41.8 Å². The smallest absolute Gasteiger partial charge is 0.307 e. The first-order valence-electron chi connectivity index (χ1n) is 12.2. The zero-order valence-electron chi connectivity index (χ0n) is 20.9. The Bertz CT molecular complexity index is 1320. The topological polar surface area (TPSA) is 82.5 Å². The summed E-state index contributed by atoms with van der Waals surface area (Å²) in [5, 5.41) is 14.5. The van der Waals surface area contributed by atoms with E-state index in [1.54, 1.807) is 17.4 Å². The number of nitrogens with zero attached hydrogens (tertiary/aromatic N) is 2. The fraction of sp³-hybridized carbons (Fsp3) is 0.276. The highest BCUT2D eigenvalue weighted by molar-refractivity contribution is 7.16. The maximum Gasteiger partial charge on any atom is 0.307 e. The van der Waals surface area contributed by atoms with Crippen LogP contribution in [-0.4, -0.2) is 47.4 Å². The van der Waals surface area contributed by atoms with E-state index in [0.717, 1.165) is 44.0 Å². The molecular formula is C29H30ClN3O3S. The van der Waals surface area contributed by atoms with E-state index in [1.807, 2.05) is 73.6 Å². The molecule has 2 aliphatic carbocycles. The lowest BCUT2D eigenvalue weighted by Gasteiger charge is -2.15. The van der Waals surface area contributed by atoms with Gasteiger partial charge < -0.3 is 15.3 Å². The molecule has 192 valence electrons. The Morgan fingerprint density at radius 2 is 1.95 bits per heavy atom. The molecule has 0 bridgehead atoms. The normalized spacial score (nSPS) is 15.7. The number of aromatic nitrogens is 1. The van der Waals surface area contributed by atoms with Gasteiger partial charge in [-0.2, -0.15) is 0 Å². The van der Waals surface area contributed by atoms with E-state index in [4.69, 9.17) is 11.6 Å². The van der Waals surface area contributed by atoms with Crippen molar-refractivity contribution < 1.29 is 14.7 Å². The number of aliphatic carboxylic acids is 1. The van der Waals surface area contributed by atoms with Crippen LogP contribution in [0.3, 0.4) is 0 Å². The van der Waals surface area contributed by atoms with Gasteiger partial charge in [-0.3, -0.25) is 9.59 Å². The van der Waals surface area contributed by atoms with Crippen LogP contribution in [0, 0.1) is 5.92 Å². The number of anilines is 2. The summed E-state index contributed by atoms with van der Waals surface area (Å²) in [6.07, 6.45) is 15.4. The van der Waals surface area contributed by atoms with Crippen molar-refractivity contribution in [3.05, 3.63) is 81.4 Å². The number of hydrogen-bond acceptors (Lipinski definition) is 6. The number of nitrogens with one attached hydrogen (secondary N) is 1. The zero-order chi connectivity index (χ0) is 26.4. The van der Waals surface area contributed by atoms with Crippen LogP contribution in [0.4, 0.5) is 10.8 Å². The lowest BCUT2D eigenvalue weighted by molar-refractivity contribution is -0.143. The van der Waals surface area contributed by atoms with Gasteiger partial charge in [-0.1, -0.05) is 65.5 Å². The number of allylic oxidation sites excluding steroid dienone is 8. The van der Waals surface area contributed by atoms with Crippen LogP contribution in [0.5, 0.6) is 0 Å². The Balaban J connectivity index is 1.38. The van der Waals surface area contributed by atoms with Gasteiger partial charge in [0.2, 0.25) is 0 Å². The maximum absolute atomic E-state index is 12.8. The second-order valence-electron chi connectivity index (χ2n) is 9.31. The third-order valence-electron chi connectivity index (χ3n) is 6.17. The van der Waals surface area contributed by atoms with Gasteiger partial charge in [-0.05, 0) is 68.9 Å². The number of thiazole rings is 1. The van der Waals surface area contributed by atoms with Gasteiger partial charge >= 0.3 is 5.97 Å². The molecule has 4 rings (SSSR count). The summed E-state index contributed by atoms with van der Waals surface area (Å²) in [4.78, 5) is 32.1. The Kier molecular flexibility index (Phi) is 8.92. The number of rotatable bonds is 10. The lowest BCUT2D eigenvalue weighted by atomic mass is 9.94. The summed E-state index contributed by atoms with van der Waals surface area (Å²) in [5.74, 6) is -1.74. The van der Waals surface area contributed by atoms with Crippen LogP contribution in [0.15, 0.2) is 65.3 Å². The average molecular weight is 536 g/mol. The number of halogens is 1. The third-order valence-corrected chi connectivity index (χ3v) is 7.37. The molecule has 6 nitrogen and oxygen atoms in total. The van der Waals surface area contributed by atoms with E-state index in [2.05, 4.69) is 16.4 Å². The molecule has 1 heterocycles. The summed E-state index contributed by atoms with van der Waals surface area (Å²) in [7, 11) is 3.79. The standard InChI is InChI=1S/C29H30ClN3O3S/c1-33(2)16-15-22(28(35)36)17-26(34)21-6-3-5-19(9-10-21)20-11-13-24(14-12-20)31-29-32-25-8-4-7-23(30)18-27(25)37-29/h4-6,8-14,18,22H,3,7,15-17H2,1-2H3,(H,31,32)(H,35,36). The predicted octanol–water partition coefficient (Wildman–Crippen LogP) is 6.76. The van der Waals surface area contributed by atoms with Gasteiger partial charge in [-0.15, -0.1) is 0 Å². The van der Waals surface area contributed by atoms with Crippen LogP contribution in [-0.2, 0) is 9.59 Å². The molecule has 0 amide bonds. The van der Waals surface area contributed by atoms with Crippen molar-refractivity contribution in [1.29, 1.82) is 0 Å². The minimum atomic E-state index is -0.925. The van der Waals surface area contributed by atoms with Crippen molar-refractivity contribution in [3.63, 3.8) is 0 Å². The SMILES string of the molecule is CN(C)CCC(CC(=O)C1=CCC=C(c2ccc(Nc3nc4c(s3)C=C(Cl)CC=C4)cc2)C=C1)C(=O)O. The van der Waals surface area contributed by atoms with Crippen molar-refractivity contribution in [1.82, 2.24) is 9.88 Å². The molecule has 0 aliphatic heterocycles. The highest BCUT2D eigenvalue weighted by atomic mass is 35.5. The number of hydrogen-bond donors (Lipinski definition) is 2. The molecule has 1 aromatic carbocycles. The monoisotopic (exact) mass is 535 g/mol. The van der Waals surface area contributed by atoms with Gasteiger partial charge in [-0.25, -0.2) is 4.98 Å². The van der Waals surface area contributed by atoms with E-state index >= 15 is 0 Å². The molecule has 0 saturated heterocycles. The van der Waals surface area contributed by atoms with E-state index in [1.165, 1.54) is 0 Å². The molecule has 2 N–H and O–H groups in total. The van der Waals surface area contributed by atoms with Crippen LogP contribution in [0.2, 0.25) is 0 Å². The van der Waals surface area contributed by atoms with Gasteiger partial charge in [0.1, 0.15) is 0 Å². The number of benzene rings is 1. The molecule has 0 radical (unpaired) electrons. The second kappa shape index (κ2) is 12.3. The van der Waals surface area contributed by atoms with Crippen molar-refractivity contribution in [2.75, 3.05) is 26.0 Å². The third kappa shape index (κ3) is 7.38. The quantitative estimate of drug-likeness (QED) is 0.349. The van der Waals surface area contributed by atoms with Crippen LogP contribution in [0.25, 0.3) is 17.7 Å². The van der Waals surface area contributed by atoms with E-state index in [-0.39, 0.29) is 12.2 Å². The molecule has 37 heavy (non-hydrogen) atoms. The molecule has 0 spiro atoms. The van der Waals surface area contributed by atoms with Gasteiger partial charge in [0.25, 0.3) is 0 Å². The molecule has 0 fully saturated rings. The van der Waals surface area contributed by atoms with Crippen molar-refractivity contribution in [2.45, 2.75) is 25.7 Å². The van der Waals surface area contributed by atoms with Gasteiger partial charge in [0.05, 0.1) is 16.5 Å². The molecule has 1 aromatic heterocycles. The first-order valence-corrected chi connectivity index (χ1v) is 13.4. The molecule has 0 saturated carbocycles. The first kappa shape index (κ1) is 26.8. The number of Topliss-reactive ketones (excluding diaryl/α,β-unsaturated/α-hetero) is 1. The Morgan fingerprint density at radius 1 is 1.16 bits per heavy atom. The summed E-state index contributed by atoms with van der Waals surface area (Å²) in [6, 6.07) is 8.06. The van der Waals surface area contributed by atoms with E-state index in [9.17, 15) is 14.7 Å². The van der Waals surface area contributed by atoms with E-state index in [0.29, 0.717) is 25.0 Å². The second-order valence-corrected chi connectivity index (χ2v) is 10.8. The largest absolute Gasteiger partial charge is 0.481 e. The number of carboxylic acid groups (broad SMARTS) is 1. The molecule has 1 atom stereocenters. The number of carbonyl (C=O) groups is 2. The minimum absolute atomic E-state index is 0.00696. The number of ketones is 1. The molecule has 1 unspecified atom stereocenters. The zero-order valence-corrected chi connectivity index (χ0v) is 22.5. The molecule has 8 heteroatoms. The summed E-state index contributed by atoms with van der Waals surface area (Å²) < 4.78 is 0. The van der Waals surface area contributed by atoms with Crippen molar-refractivity contribution in [3.8, 4) is 0 Å². The fourth-order valence-electron chi connectivity index (χ4n) is 4.09. The van der Waals surface area contributed by atoms with Crippen molar-refractivity contribution >= 4 is 63.2 Å². The predicted molar refractivity (Wildman–Crippen MR) is 153 cm³/mol. The van der Waals surface area contributed by atoms with Crippen molar-refractivity contribution in [2.24, 2.45) is 5.92 Å². The van der Waals surface area contributed by atoms with Gasteiger partial charge in [0, 0.05) is 29.1 Å². The summed E-state index contributed by atoms with van der Waals surface area (Å²) >= 11 is 7.78. The maximum atomic E-state index is 12.8. The summed E-state index contributed by atoms with van der Waals surface area (Å²) in [6.45, 7) is 0.628. The highest BCUT2D eigenvalue weighted by Gasteiger charge is 2.22. The molecule has 2 aromatic rings. The average Bonchev–Trinajstić information content (AvgIpc) is 3.01. The Labute approximate surface area is 226 Å². The minimum Gasteiger partial charge on any atom is -0.481 e.